The maximum atomic E-state index is 10.5. The summed E-state index contributed by atoms with van der Waals surface area (Å²) >= 11 is 0. The molecule has 0 amide bonds. The third-order valence-corrected chi connectivity index (χ3v) is 1.35. The Kier molecular flexibility index (Phi) is 3.75. The van der Waals surface area contributed by atoms with Crippen molar-refractivity contribution in [1.29, 1.82) is 0 Å². The average Bonchev–Trinajstić information content (AvgIpc) is 1.76. The molecule has 0 aliphatic heterocycles. The first-order valence-corrected chi connectivity index (χ1v) is 5.37. The molecule has 0 aromatic heterocycles. The van der Waals surface area contributed by atoms with Crippen LogP contribution in [0.2, 0.25) is 0 Å². The maximum absolute atomic E-state index is 10.5. The second-order valence-corrected chi connectivity index (χ2v) is 5.16. The highest BCUT2D eigenvalue weighted by molar-refractivity contribution is 7.85. The van der Waals surface area contributed by atoms with Crippen molar-refractivity contribution in [1.82, 2.24) is 0 Å². The van der Waals surface area contributed by atoms with E-state index in [1.807, 2.05) is 20.8 Å². The monoisotopic (exact) mass is 190 g/mol. The lowest BCUT2D eigenvalue weighted by atomic mass is 9.98. The third-order valence-electron chi connectivity index (χ3n) is 0.809. The van der Waals surface area contributed by atoms with Gasteiger partial charge >= 0.3 is 0 Å². The molecule has 0 heterocycles. The lowest BCUT2D eigenvalue weighted by molar-refractivity contribution is 0.367. The Balaban J connectivity index is 3.92. The molecule has 12 heavy (non-hydrogen) atoms. The molecule has 0 atom stereocenters. The molecule has 0 fully saturated rings. The third kappa shape index (κ3) is 9.47. The Morgan fingerprint density at radius 3 is 2.17 bits per heavy atom. The Bertz CT molecular complexity index is 284. The van der Waals surface area contributed by atoms with Crippen LogP contribution >= 0.6 is 0 Å². The summed E-state index contributed by atoms with van der Waals surface area (Å²) in [6.45, 7) is 5.78. The summed E-state index contributed by atoms with van der Waals surface area (Å²) in [6.07, 6.45) is 1.01. The molecule has 0 spiro atoms. The van der Waals surface area contributed by atoms with Gasteiger partial charge in [-0.3, -0.25) is 4.18 Å². The zero-order chi connectivity index (χ0) is 9.83. The van der Waals surface area contributed by atoms with Crippen molar-refractivity contribution in [3.8, 4) is 11.8 Å². The summed E-state index contributed by atoms with van der Waals surface area (Å²) in [5.41, 5.74) is -0.110. The summed E-state index contributed by atoms with van der Waals surface area (Å²) in [4.78, 5) is 0. The van der Waals surface area contributed by atoms with E-state index in [4.69, 9.17) is 0 Å². The minimum atomic E-state index is -3.34. The largest absolute Gasteiger partial charge is 0.265 e. The molecule has 0 saturated heterocycles. The highest BCUT2D eigenvalue weighted by Gasteiger charge is 2.03. The Hall–Kier alpha value is -0.530. The highest BCUT2D eigenvalue weighted by atomic mass is 32.2. The van der Waals surface area contributed by atoms with Crippen molar-refractivity contribution in [3.05, 3.63) is 0 Å². The van der Waals surface area contributed by atoms with Crippen molar-refractivity contribution < 1.29 is 12.6 Å². The summed E-state index contributed by atoms with van der Waals surface area (Å²) in [5.74, 6) is 5.49. The van der Waals surface area contributed by atoms with Gasteiger partial charge in [-0.1, -0.05) is 11.8 Å². The van der Waals surface area contributed by atoms with Gasteiger partial charge in [0.05, 0.1) is 6.26 Å². The Morgan fingerprint density at radius 1 is 1.33 bits per heavy atom. The molecule has 4 heteroatoms. The Labute approximate surface area is 74.2 Å². The zero-order valence-electron chi connectivity index (χ0n) is 7.84. The lowest BCUT2D eigenvalue weighted by Gasteiger charge is -2.06. The van der Waals surface area contributed by atoms with Crippen molar-refractivity contribution in [2.24, 2.45) is 5.41 Å². The molecule has 0 saturated carbocycles. The highest BCUT2D eigenvalue weighted by Crippen LogP contribution is 2.09. The van der Waals surface area contributed by atoms with Crippen LogP contribution in [0, 0.1) is 17.3 Å². The predicted octanol–water partition coefficient (Wildman–Crippen LogP) is 1.01. The molecular weight excluding hydrogens is 176 g/mol. The first-order chi connectivity index (χ1) is 5.21. The summed E-state index contributed by atoms with van der Waals surface area (Å²) in [5, 5.41) is 0. The van der Waals surface area contributed by atoms with E-state index in [1.165, 1.54) is 0 Å². The van der Waals surface area contributed by atoms with Crippen LogP contribution in [-0.4, -0.2) is 21.3 Å². The van der Waals surface area contributed by atoms with Gasteiger partial charge < -0.3 is 0 Å². The fourth-order valence-electron chi connectivity index (χ4n) is 0.438. The average molecular weight is 190 g/mol. The number of hydrogen-bond acceptors (Lipinski definition) is 3. The van der Waals surface area contributed by atoms with Crippen LogP contribution in [0.25, 0.3) is 0 Å². The molecule has 0 N–H and O–H groups in total. The van der Waals surface area contributed by atoms with Gasteiger partial charge in [0.1, 0.15) is 6.61 Å². The van der Waals surface area contributed by atoms with Gasteiger partial charge in [0.2, 0.25) is 0 Å². The smallest absolute Gasteiger partial charge is 0.257 e. The molecule has 0 aliphatic rings. The first kappa shape index (κ1) is 11.5. The SMILES string of the molecule is CC(C)(C)C#CCOS(C)(=O)=O. The number of rotatable bonds is 2. The molecule has 3 nitrogen and oxygen atoms in total. The maximum Gasteiger partial charge on any atom is 0.265 e. The van der Waals surface area contributed by atoms with Gasteiger partial charge in [-0.25, -0.2) is 0 Å². The van der Waals surface area contributed by atoms with Crippen LogP contribution in [0.5, 0.6) is 0 Å². The van der Waals surface area contributed by atoms with E-state index in [0.29, 0.717) is 0 Å². The van der Waals surface area contributed by atoms with Crippen LogP contribution < -0.4 is 0 Å². The van der Waals surface area contributed by atoms with Gasteiger partial charge in [-0.2, -0.15) is 8.42 Å². The van der Waals surface area contributed by atoms with E-state index in [-0.39, 0.29) is 12.0 Å². The van der Waals surface area contributed by atoms with Crippen LogP contribution in [0.3, 0.4) is 0 Å². The molecular formula is C8H14O3S. The normalized spacial score (nSPS) is 12.0. The van der Waals surface area contributed by atoms with Gasteiger partial charge in [-0.05, 0) is 20.8 Å². The predicted molar refractivity (Wildman–Crippen MR) is 48.0 cm³/mol. The van der Waals surface area contributed by atoms with E-state index in [0.717, 1.165) is 6.26 Å². The van der Waals surface area contributed by atoms with Crippen LogP contribution in [0.1, 0.15) is 20.8 Å². The second-order valence-electron chi connectivity index (χ2n) is 3.52. The minimum Gasteiger partial charge on any atom is -0.257 e. The van der Waals surface area contributed by atoms with Crippen molar-refractivity contribution in [3.63, 3.8) is 0 Å². The Morgan fingerprint density at radius 2 is 1.83 bits per heavy atom. The summed E-state index contributed by atoms with van der Waals surface area (Å²) < 4.78 is 25.4. The topological polar surface area (TPSA) is 43.4 Å². The number of hydrogen-bond donors (Lipinski definition) is 0. The molecule has 0 bridgehead atoms. The van der Waals surface area contributed by atoms with Crippen LogP contribution in [-0.2, 0) is 14.3 Å². The van der Waals surface area contributed by atoms with E-state index in [9.17, 15) is 8.42 Å². The molecule has 0 aliphatic carbocycles. The van der Waals surface area contributed by atoms with Gasteiger partial charge in [-0.15, -0.1) is 0 Å². The quantitative estimate of drug-likeness (QED) is 0.482. The molecule has 0 unspecified atom stereocenters. The van der Waals surface area contributed by atoms with E-state index < -0.39 is 10.1 Å². The van der Waals surface area contributed by atoms with E-state index >= 15 is 0 Å². The summed E-state index contributed by atoms with van der Waals surface area (Å²) in [6, 6.07) is 0. The summed E-state index contributed by atoms with van der Waals surface area (Å²) in [7, 11) is -3.34. The minimum absolute atomic E-state index is 0.0594. The van der Waals surface area contributed by atoms with Crippen molar-refractivity contribution in [2.75, 3.05) is 12.9 Å². The fourth-order valence-corrected chi connectivity index (χ4v) is 0.711. The van der Waals surface area contributed by atoms with Crippen LogP contribution in [0.15, 0.2) is 0 Å². The molecule has 0 aromatic carbocycles. The molecule has 0 radical (unpaired) electrons. The van der Waals surface area contributed by atoms with Gasteiger partial charge in [0.15, 0.2) is 0 Å². The lowest BCUT2D eigenvalue weighted by Crippen LogP contribution is -2.04. The molecule has 70 valence electrons. The molecule has 0 rings (SSSR count). The van der Waals surface area contributed by atoms with Crippen molar-refractivity contribution in [2.45, 2.75) is 20.8 Å². The van der Waals surface area contributed by atoms with Gasteiger partial charge in [0.25, 0.3) is 10.1 Å². The van der Waals surface area contributed by atoms with E-state index in [1.54, 1.807) is 0 Å². The molecule has 0 aromatic rings. The van der Waals surface area contributed by atoms with Gasteiger partial charge in [0, 0.05) is 5.41 Å². The van der Waals surface area contributed by atoms with Crippen LogP contribution in [0.4, 0.5) is 0 Å². The second kappa shape index (κ2) is 3.92. The van der Waals surface area contributed by atoms with E-state index in [2.05, 4.69) is 16.0 Å². The van der Waals surface area contributed by atoms with Crippen molar-refractivity contribution >= 4 is 10.1 Å². The standard InChI is InChI=1S/C8H14O3S/c1-8(2,3)6-5-7-11-12(4,9)10/h7H2,1-4H3. The fraction of sp³-hybridized carbons (Fsp3) is 0.750. The zero-order valence-corrected chi connectivity index (χ0v) is 8.66. The first-order valence-electron chi connectivity index (χ1n) is 3.55.